The van der Waals surface area contributed by atoms with Gasteiger partial charge in [0.05, 0.1) is 79.6 Å². The number of aliphatic hydroxyl groups excluding tert-OH is 10. The summed E-state index contributed by atoms with van der Waals surface area (Å²) in [6, 6.07) is -1.39. The predicted molar refractivity (Wildman–Crippen MR) is 261 cm³/mol. The first-order valence-corrected chi connectivity index (χ1v) is 24.6. The monoisotopic (exact) mass is 1020 g/mol. The Hall–Kier alpha value is -4.27. The maximum atomic E-state index is 13.9. The molecule has 2 bridgehead atoms. The molecule has 0 radical (unpaired) electrons. The highest BCUT2D eigenvalue weighted by molar-refractivity contribution is 5.80. The second kappa shape index (κ2) is 30.2. The number of cyclic esters (lactones) is 1. The smallest absolute Gasteiger partial charge is 0.308 e. The lowest BCUT2D eigenvalue weighted by Crippen LogP contribution is -2.62. The molecular formula is C51H78N4O17. The van der Waals surface area contributed by atoms with Gasteiger partial charge in [-0.15, -0.1) is 0 Å². The van der Waals surface area contributed by atoms with Crippen molar-refractivity contribution in [2.24, 2.45) is 23.5 Å². The van der Waals surface area contributed by atoms with Gasteiger partial charge in [0.25, 0.3) is 0 Å². The molecule has 0 saturated carbocycles. The van der Waals surface area contributed by atoms with Gasteiger partial charge in [-0.05, 0) is 26.2 Å². The van der Waals surface area contributed by atoms with Gasteiger partial charge in [0.1, 0.15) is 18.3 Å². The summed E-state index contributed by atoms with van der Waals surface area (Å²) in [7, 11) is 0. The molecule has 1 amide bonds. The van der Waals surface area contributed by atoms with Crippen molar-refractivity contribution in [2.75, 3.05) is 6.54 Å². The van der Waals surface area contributed by atoms with Gasteiger partial charge in [0, 0.05) is 62.4 Å². The van der Waals surface area contributed by atoms with Crippen LogP contribution in [0.25, 0.3) is 0 Å². The molecule has 404 valence electrons. The Bertz CT molecular complexity index is 1980. The number of rotatable bonds is 6. The van der Waals surface area contributed by atoms with E-state index in [1.165, 1.54) is 12.4 Å². The number of nitrogens with two attached hydrogens (primary N) is 1. The molecule has 0 aliphatic carbocycles. The lowest BCUT2D eigenvalue weighted by Gasteiger charge is -2.46. The lowest BCUT2D eigenvalue weighted by atomic mass is 9.82. The summed E-state index contributed by atoms with van der Waals surface area (Å²) in [6.07, 6.45) is 5.19. The Morgan fingerprint density at radius 3 is 2.01 bits per heavy atom. The molecule has 21 heteroatoms. The third kappa shape index (κ3) is 19.9. The number of aromatic amines is 1. The van der Waals surface area contributed by atoms with E-state index in [1.807, 2.05) is 19.1 Å². The number of nitrogens with zero attached hydrogens (tertiary/aromatic N) is 1. The Morgan fingerprint density at radius 2 is 1.39 bits per heavy atom. The molecule has 2 saturated heterocycles. The van der Waals surface area contributed by atoms with Crippen molar-refractivity contribution in [1.82, 2.24) is 15.3 Å². The van der Waals surface area contributed by atoms with Crippen LogP contribution in [0.3, 0.4) is 0 Å². The molecule has 3 aliphatic heterocycles. The highest BCUT2D eigenvalue weighted by atomic mass is 16.7. The number of imidazole rings is 1. The molecule has 1 unspecified atom stereocenters. The van der Waals surface area contributed by atoms with E-state index in [1.54, 1.807) is 86.9 Å². The van der Waals surface area contributed by atoms with Crippen molar-refractivity contribution in [3.63, 3.8) is 0 Å². The van der Waals surface area contributed by atoms with Crippen molar-refractivity contribution in [2.45, 2.75) is 176 Å². The highest BCUT2D eigenvalue weighted by Crippen LogP contribution is 2.38. The van der Waals surface area contributed by atoms with Crippen molar-refractivity contribution in [3.05, 3.63) is 103 Å². The number of amides is 1. The third-order valence-corrected chi connectivity index (χ3v) is 13.0. The second-order valence-corrected chi connectivity index (χ2v) is 19.0. The summed E-state index contributed by atoms with van der Waals surface area (Å²) in [5, 5.41) is 123. The molecule has 2 fully saturated rings. The first-order valence-electron chi connectivity index (χ1n) is 24.6. The largest absolute Gasteiger partial charge is 0.462 e. The SMILES string of the molecule is C[C@@H]1[C@H](O)[C@@H](C)/C=C/C=C/C=C/C=C/C=C/C=C/C=C/[C@H](OC2O[C@H](O)[C@@H](O)[C@H](N)[C@@H]2O)C[C@@H]2O[C@](O)(C[C@@H](O)C[C@@H](O)[C@H](O)CC[C@@H](O)C[C@@H](O)CC(=O)O[C@H]1C)C[C@H](O)[C@H]2C(=O)NCCc1cnc[nH]1. The van der Waals surface area contributed by atoms with Crippen LogP contribution in [0.15, 0.2) is 97.6 Å². The van der Waals surface area contributed by atoms with E-state index in [-0.39, 0.29) is 38.1 Å². The van der Waals surface area contributed by atoms with Crippen LogP contribution in [-0.4, -0.2) is 182 Å². The van der Waals surface area contributed by atoms with Crippen LogP contribution in [0.4, 0.5) is 0 Å². The lowest BCUT2D eigenvalue weighted by molar-refractivity contribution is -0.331. The van der Waals surface area contributed by atoms with Gasteiger partial charge in [-0.25, -0.2) is 4.98 Å². The fraction of sp³-hybridized carbons (Fsp3) is 0.627. The van der Waals surface area contributed by atoms with Crippen LogP contribution in [0, 0.1) is 17.8 Å². The zero-order valence-electron chi connectivity index (χ0n) is 41.1. The number of carbonyl (C=O) groups excluding carboxylic acids is 2. The first-order chi connectivity index (χ1) is 34.2. The fourth-order valence-electron chi connectivity index (χ4n) is 8.65. The molecule has 3 aliphatic rings. The molecule has 1 aromatic rings. The minimum absolute atomic E-state index is 0.112. The Kier molecular flexibility index (Phi) is 25.3. The minimum Gasteiger partial charge on any atom is -0.462 e. The summed E-state index contributed by atoms with van der Waals surface area (Å²) in [6.45, 7) is 5.33. The number of carbonyl (C=O) groups is 2. The quantitative estimate of drug-likeness (QED) is 0.162. The van der Waals surface area contributed by atoms with Crippen molar-refractivity contribution < 1.29 is 84.7 Å². The number of ether oxygens (including phenoxy) is 4. The molecule has 0 aromatic carbocycles. The van der Waals surface area contributed by atoms with E-state index < -0.39 is 147 Å². The predicted octanol–water partition coefficient (Wildman–Crippen LogP) is -0.361. The number of esters is 1. The standard InChI is InChI=1S/C51H78N4O17/c1-30-16-14-12-10-8-6-4-5-7-9-11-13-15-17-37(70-50-47(65)44(52)46(64)49(67)71-50)25-41-43(48(66)54-21-20-33-28-53-29-55-33)40(61)27-51(68,72-41)26-36(58)23-39(60)38(59)19-18-34(56)22-35(57)24-42(62)69-32(3)31(2)45(30)63/h4-17,28-32,34-41,43-47,49-50,56-61,63-65,67-68H,18-27,52H2,1-3H3,(H,53,55)(H,54,66)/b5-4+,8-6+,9-7+,12-10+,13-11+,16-14+,17-15+/t30-,31-,32-,34+,35+,36-,37-,38+,39+,40-,41-,43+,44-,45+,46-,47-,49-,50?,51+/m0/s1. The molecular weight excluding hydrogens is 941 g/mol. The molecule has 21 nitrogen and oxygen atoms in total. The average Bonchev–Trinajstić information content (AvgIpc) is 3.84. The maximum Gasteiger partial charge on any atom is 0.308 e. The molecule has 4 rings (SSSR count). The van der Waals surface area contributed by atoms with Crippen LogP contribution in [0.2, 0.25) is 0 Å². The number of nitrogens with one attached hydrogen (secondary N) is 2. The van der Waals surface area contributed by atoms with E-state index in [4.69, 9.17) is 24.7 Å². The van der Waals surface area contributed by atoms with E-state index in [2.05, 4.69) is 15.3 Å². The number of H-pyrrole nitrogens is 1. The number of aliphatic hydroxyl groups is 11. The van der Waals surface area contributed by atoms with E-state index in [0.29, 0.717) is 6.42 Å². The average molecular weight is 1020 g/mol. The second-order valence-electron chi connectivity index (χ2n) is 19.0. The van der Waals surface area contributed by atoms with Gasteiger partial charge < -0.3 is 91.2 Å². The Morgan fingerprint density at radius 1 is 0.764 bits per heavy atom. The summed E-state index contributed by atoms with van der Waals surface area (Å²) in [5.74, 6) is -5.81. The zero-order valence-corrected chi connectivity index (χ0v) is 41.1. The van der Waals surface area contributed by atoms with Gasteiger partial charge in [-0.2, -0.15) is 0 Å². The number of aromatic nitrogens is 2. The molecule has 1 aromatic heterocycles. The van der Waals surface area contributed by atoms with Crippen LogP contribution in [0.5, 0.6) is 0 Å². The van der Waals surface area contributed by atoms with Crippen molar-refractivity contribution >= 4 is 11.9 Å². The maximum absolute atomic E-state index is 13.9. The van der Waals surface area contributed by atoms with Gasteiger partial charge in [-0.3, -0.25) is 9.59 Å². The zero-order chi connectivity index (χ0) is 53.0. The number of hydrogen-bond acceptors (Lipinski definition) is 19. The normalized spacial score (nSPS) is 42.2. The summed E-state index contributed by atoms with van der Waals surface area (Å²) in [4.78, 5) is 33.5. The summed E-state index contributed by atoms with van der Waals surface area (Å²) >= 11 is 0. The van der Waals surface area contributed by atoms with Crippen LogP contribution in [-0.2, 0) is 35.0 Å². The molecule has 72 heavy (non-hydrogen) atoms. The Labute approximate surface area is 420 Å². The van der Waals surface area contributed by atoms with Crippen LogP contribution >= 0.6 is 0 Å². The highest BCUT2D eigenvalue weighted by Gasteiger charge is 2.51. The van der Waals surface area contributed by atoms with E-state index in [0.717, 1.165) is 5.69 Å². The van der Waals surface area contributed by atoms with Crippen LogP contribution < -0.4 is 11.1 Å². The van der Waals surface area contributed by atoms with E-state index >= 15 is 0 Å². The number of allylic oxidation sites excluding steroid dienone is 12. The van der Waals surface area contributed by atoms with Crippen molar-refractivity contribution in [1.29, 1.82) is 0 Å². The summed E-state index contributed by atoms with van der Waals surface area (Å²) < 4.78 is 23.1. The third-order valence-electron chi connectivity index (χ3n) is 13.0. The number of hydrogen-bond donors (Lipinski definition) is 14. The molecule has 0 spiro atoms. The minimum atomic E-state index is -2.32. The van der Waals surface area contributed by atoms with Gasteiger partial charge in [0.2, 0.25) is 5.91 Å². The van der Waals surface area contributed by atoms with Crippen molar-refractivity contribution in [3.8, 4) is 0 Å². The van der Waals surface area contributed by atoms with Gasteiger partial charge in [-0.1, -0.05) is 98.9 Å². The topological polar surface area (TPSA) is 360 Å². The molecule has 4 heterocycles. The Balaban J connectivity index is 1.60. The molecule has 19 atom stereocenters. The van der Waals surface area contributed by atoms with Gasteiger partial charge in [0.15, 0.2) is 18.4 Å². The molecule has 15 N–H and O–H groups in total. The van der Waals surface area contributed by atoms with Crippen LogP contribution in [0.1, 0.15) is 77.8 Å². The fourth-order valence-corrected chi connectivity index (χ4v) is 8.65. The first kappa shape index (κ1) is 60.3. The number of fused-ring (bicyclic) bond motifs is 2. The van der Waals surface area contributed by atoms with E-state index in [9.17, 15) is 65.8 Å². The van der Waals surface area contributed by atoms with Gasteiger partial charge >= 0.3 is 5.97 Å². The summed E-state index contributed by atoms with van der Waals surface area (Å²) in [5.41, 5.74) is 6.68.